The summed E-state index contributed by atoms with van der Waals surface area (Å²) in [6, 6.07) is 1.69. The number of fused-ring (bicyclic) bond motifs is 1. The van der Waals surface area contributed by atoms with E-state index < -0.39 is 0 Å². The number of H-pyrrole nitrogens is 1. The van der Waals surface area contributed by atoms with Crippen molar-refractivity contribution < 1.29 is 0 Å². The molecule has 0 aliphatic carbocycles. The Morgan fingerprint density at radius 3 is 2.93 bits per heavy atom. The Balaban J connectivity index is 3.13. The lowest BCUT2D eigenvalue weighted by Crippen LogP contribution is -2.19. The molecule has 0 amide bonds. The standard InChI is InChI=1S/C9H8ClN3OS/c1-4-3-5-6(7(10)11-4)12-9(15)13(2)8(5)14/h3H,1-2H3,(H,12,15). The number of aromatic amines is 1. The van der Waals surface area contributed by atoms with E-state index in [1.54, 1.807) is 20.0 Å². The number of nitrogens with zero attached hydrogens (tertiary/aromatic N) is 2. The summed E-state index contributed by atoms with van der Waals surface area (Å²) < 4.78 is 1.70. The zero-order valence-electron chi connectivity index (χ0n) is 8.17. The molecule has 6 heteroatoms. The molecule has 0 aromatic carbocycles. The van der Waals surface area contributed by atoms with Crippen molar-refractivity contribution in [2.45, 2.75) is 6.92 Å². The average Bonchev–Trinajstić information content (AvgIpc) is 2.17. The second kappa shape index (κ2) is 3.43. The highest BCUT2D eigenvalue weighted by atomic mass is 35.5. The first kappa shape index (κ1) is 10.3. The number of pyridine rings is 1. The first-order valence-electron chi connectivity index (χ1n) is 4.27. The van der Waals surface area contributed by atoms with Crippen LogP contribution in [0.1, 0.15) is 5.69 Å². The molecule has 0 bridgehead atoms. The molecule has 0 unspecified atom stereocenters. The highest BCUT2D eigenvalue weighted by Crippen LogP contribution is 2.17. The van der Waals surface area contributed by atoms with E-state index in [-0.39, 0.29) is 10.7 Å². The number of aryl methyl sites for hydroxylation is 1. The summed E-state index contributed by atoms with van der Waals surface area (Å²) in [5, 5.41) is 0.775. The van der Waals surface area contributed by atoms with E-state index in [1.807, 2.05) is 0 Å². The Morgan fingerprint density at radius 2 is 2.27 bits per heavy atom. The van der Waals surface area contributed by atoms with Crippen molar-refractivity contribution in [3.05, 3.63) is 32.0 Å². The molecule has 2 heterocycles. The van der Waals surface area contributed by atoms with Crippen LogP contribution in [0.3, 0.4) is 0 Å². The fourth-order valence-electron chi connectivity index (χ4n) is 1.39. The lowest BCUT2D eigenvalue weighted by atomic mass is 10.2. The van der Waals surface area contributed by atoms with Crippen LogP contribution in [0.25, 0.3) is 10.9 Å². The second-order valence-corrected chi connectivity index (χ2v) is 4.02. The maximum atomic E-state index is 11.8. The molecule has 0 fully saturated rings. The molecule has 2 aromatic rings. The Bertz CT molecular complexity index is 659. The smallest absolute Gasteiger partial charge is 0.262 e. The minimum atomic E-state index is -0.166. The topological polar surface area (TPSA) is 50.7 Å². The summed E-state index contributed by atoms with van der Waals surface area (Å²) in [7, 11) is 1.62. The fraction of sp³-hybridized carbons (Fsp3) is 0.222. The molecule has 4 nitrogen and oxygen atoms in total. The summed E-state index contributed by atoms with van der Waals surface area (Å²) >= 11 is 10.9. The van der Waals surface area contributed by atoms with Crippen molar-refractivity contribution in [1.29, 1.82) is 0 Å². The average molecular weight is 242 g/mol. The molecule has 0 saturated heterocycles. The zero-order chi connectivity index (χ0) is 11.2. The van der Waals surface area contributed by atoms with Gasteiger partial charge >= 0.3 is 0 Å². The number of rotatable bonds is 0. The van der Waals surface area contributed by atoms with Crippen LogP contribution in [-0.4, -0.2) is 14.5 Å². The lowest BCUT2D eigenvalue weighted by molar-refractivity contribution is 0.823. The van der Waals surface area contributed by atoms with E-state index in [0.29, 0.717) is 21.4 Å². The highest BCUT2D eigenvalue weighted by Gasteiger charge is 2.07. The maximum Gasteiger partial charge on any atom is 0.262 e. The van der Waals surface area contributed by atoms with Crippen molar-refractivity contribution >= 4 is 34.7 Å². The van der Waals surface area contributed by atoms with E-state index in [2.05, 4.69) is 9.97 Å². The monoisotopic (exact) mass is 241 g/mol. The van der Waals surface area contributed by atoms with Gasteiger partial charge in [0.25, 0.3) is 5.56 Å². The molecule has 0 radical (unpaired) electrons. The Labute approximate surface area is 95.5 Å². The maximum absolute atomic E-state index is 11.8. The van der Waals surface area contributed by atoms with Crippen molar-refractivity contribution in [3.8, 4) is 0 Å². The molecule has 0 aliphatic rings. The predicted molar refractivity (Wildman–Crippen MR) is 61.9 cm³/mol. The van der Waals surface area contributed by atoms with E-state index in [0.717, 1.165) is 0 Å². The predicted octanol–water partition coefficient (Wildman–Crippen LogP) is 1.95. The van der Waals surface area contributed by atoms with Crippen molar-refractivity contribution in [3.63, 3.8) is 0 Å². The number of halogens is 1. The zero-order valence-corrected chi connectivity index (χ0v) is 9.74. The molecular weight excluding hydrogens is 234 g/mol. The lowest BCUT2D eigenvalue weighted by Gasteiger charge is -2.04. The van der Waals surface area contributed by atoms with E-state index in [9.17, 15) is 4.79 Å². The van der Waals surface area contributed by atoms with Gasteiger partial charge in [-0.2, -0.15) is 0 Å². The Kier molecular flexibility index (Phi) is 2.36. The van der Waals surface area contributed by atoms with E-state index in [4.69, 9.17) is 23.8 Å². The quantitative estimate of drug-likeness (QED) is 0.567. The van der Waals surface area contributed by atoms with Crippen LogP contribution in [0.2, 0.25) is 5.15 Å². The summed E-state index contributed by atoms with van der Waals surface area (Å²) in [6.45, 7) is 1.78. The number of nitrogens with one attached hydrogen (secondary N) is 1. The van der Waals surface area contributed by atoms with Crippen LogP contribution >= 0.6 is 23.8 Å². The van der Waals surface area contributed by atoms with Gasteiger partial charge in [0.1, 0.15) is 0 Å². The first-order chi connectivity index (χ1) is 7.00. The van der Waals surface area contributed by atoms with Gasteiger partial charge in [-0.25, -0.2) is 4.98 Å². The summed E-state index contributed by atoms with van der Waals surface area (Å²) in [4.78, 5) is 18.8. The molecule has 0 aliphatic heterocycles. The third-order valence-electron chi connectivity index (χ3n) is 2.17. The van der Waals surface area contributed by atoms with Crippen molar-refractivity contribution in [2.75, 3.05) is 0 Å². The van der Waals surface area contributed by atoms with Gasteiger partial charge in [-0.15, -0.1) is 0 Å². The largest absolute Gasteiger partial charge is 0.329 e. The molecule has 78 valence electrons. The second-order valence-electron chi connectivity index (χ2n) is 3.27. The van der Waals surface area contributed by atoms with Crippen LogP contribution in [-0.2, 0) is 7.05 Å². The molecule has 0 saturated carbocycles. The third kappa shape index (κ3) is 1.57. The highest BCUT2D eigenvalue weighted by molar-refractivity contribution is 7.71. The number of hydrogen-bond acceptors (Lipinski definition) is 3. The van der Waals surface area contributed by atoms with E-state index >= 15 is 0 Å². The van der Waals surface area contributed by atoms with Gasteiger partial charge in [0, 0.05) is 12.7 Å². The van der Waals surface area contributed by atoms with Crippen LogP contribution in [0.5, 0.6) is 0 Å². The van der Waals surface area contributed by atoms with Gasteiger partial charge in [0.05, 0.1) is 10.9 Å². The van der Waals surface area contributed by atoms with Gasteiger partial charge in [-0.05, 0) is 25.2 Å². The van der Waals surface area contributed by atoms with Gasteiger partial charge in [0.2, 0.25) is 0 Å². The minimum absolute atomic E-state index is 0.166. The third-order valence-corrected chi connectivity index (χ3v) is 2.82. The van der Waals surface area contributed by atoms with Gasteiger partial charge in [-0.3, -0.25) is 9.36 Å². The molecule has 2 aromatic heterocycles. The molecule has 0 atom stereocenters. The van der Waals surface area contributed by atoms with Gasteiger partial charge < -0.3 is 4.98 Å². The van der Waals surface area contributed by atoms with Crippen LogP contribution < -0.4 is 5.56 Å². The van der Waals surface area contributed by atoms with Gasteiger partial charge in [0.15, 0.2) is 9.92 Å². The van der Waals surface area contributed by atoms with Crippen LogP contribution in [0.15, 0.2) is 10.9 Å². The Hall–Kier alpha value is -1.20. The van der Waals surface area contributed by atoms with Crippen molar-refractivity contribution in [2.24, 2.45) is 7.05 Å². The first-order valence-corrected chi connectivity index (χ1v) is 5.05. The Morgan fingerprint density at radius 1 is 1.60 bits per heavy atom. The molecule has 15 heavy (non-hydrogen) atoms. The summed E-state index contributed by atoms with van der Waals surface area (Å²) in [6.07, 6.45) is 0. The number of hydrogen-bond donors (Lipinski definition) is 1. The molecule has 2 rings (SSSR count). The van der Waals surface area contributed by atoms with Gasteiger partial charge in [-0.1, -0.05) is 11.6 Å². The molecule has 0 spiro atoms. The van der Waals surface area contributed by atoms with Crippen LogP contribution in [0, 0.1) is 11.7 Å². The van der Waals surface area contributed by atoms with Crippen LogP contribution in [0.4, 0.5) is 0 Å². The van der Waals surface area contributed by atoms with E-state index in [1.165, 1.54) is 4.57 Å². The number of aromatic nitrogens is 3. The minimum Gasteiger partial charge on any atom is -0.329 e. The summed E-state index contributed by atoms with van der Waals surface area (Å²) in [5.74, 6) is 0. The molecular formula is C9H8ClN3OS. The molecule has 1 N–H and O–H groups in total. The van der Waals surface area contributed by atoms with Crippen molar-refractivity contribution in [1.82, 2.24) is 14.5 Å². The SMILES string of the molecule is Cc1cc2c(=O)n(C)c(=S)[nH]c2c(Cl)n1. The normalized spacial score (nSPS) is 10.9. The summed E-state index contributed by atoms with van der Waals surface area (Å²) in [5.41, 5.74) is 1.03. The fourth-order valence-corrected chi connectivity index (χ4v) is 1.85.